The summed E-state index contributed by atoms with van der Waals surface area (Å²) in [5, 5.41) is 11.4. The van der Waals surface area contributed by atoms with Crippen molar-refractivity contribution >= 4 is 39.7 Å². The second kappa shape index (κ2) is 8.61. The van der Waals surface area contributed by atoms with Crippen LogP contribution >= 0.6 is 11.3 Å². The van der Waals surface area contributed by atoms with Crippen molar-refractivity contribution < 1.29 is 19.5 Å². The van der Waals surface area contributed by atoms with Crippen LogP contribution in [0.4, 0.5) is 5.13 Å². The molecular formula is C26H25N3O4S. The zero-order valence-electron chi connectivity index (χ0n) is 19.6. The summed E-state index contributed by atoms with van der Waals surface area (Å²) in [6, 6.07) is 9.87. The smallest absolute Gasteiger partial charge is 0.301 e. The number of pyridine rings is 1. The van der Waals surface area contributed by atoms with Gasteiger partial charge in [-0.25, -0.2) is 4.98 Å². The van der Waals surface area contributed by atoms with Gasteiger partial charge in [0, 0.05) is 24.9 Å². The van der Waals surface area contributed by atoms with E-state index in [9.17, 15) is 19.5 Å². The van der Waals surface area contributed by atoms with Crippen molar-refractivity contribution in [3.05, 3.63) is 81.6 Å². The average Bonchev–Trinajstić information content (AvgIpc) is 3.30. The van der Waals surface area contributed by atoms with Crippen molar-refractivity contribution in [3.63, 3.8) is 0 Å². The molecule has 0 bridgehead atoms. The standard InChI is InChI=1S/C26H25N3O4S/c1-14-23(15(2)30)34-25(28-14)29-20(16-6-8-18(9-7-16)26(3,4)5)19(22(32)24(29)33)21(31)17-10-12-27-13-11-17/h6-13,20,31H,1-5H3. The monoisotopic (exact) mass is 475 g/mol. The largest absolute Gasteiger partial charge is 0.507 e. The van der Waals surface area contributed by atoms with Gasteiger partial charge >= 0.3 is 5.91 Å². The highest BCUT2D eigenvalue weighted by Gasteiger charge is 2.48. The number of hydrogen-bond donors (Lipinski definition) is 1. The number of anilines is 1. The van der Waals surface area contributed by atoms with E-state index in [2.05, 4.69) is 30.7 Å². The molecule has 4 rings (SSSR count). The molecule has 3 heterocycles. The van der Waals surface area contributed by atoms with Crippen molar-refractivity contribution in [2.45, 2.75) is 46.1 Å². The predicted molar refractivity (Wildman–Crippen MR) is 131 cm³/mol. The third-order valence-electron chi connectivity index (χ3n) is 5.80. The molecule has 3 aromatic rings. The number of ketones is 2. The van der Waals surface area contributed by atoms with Crippen LogP contribution in [-0.2, 0) is 15.0 Å². The Bertz CT molecular complexity index is 1320. The molecule has 1 saturated heterocycles. The maximum atomic E-state index is 13.3. The van der Waals surface area contributed by atoms with Crippen LogP contribution in [0.5, 0.6) is 0 Å². The molecule has 34 heavy (non-hydrogen) atoms. The molecule has 1 N–H and O–H groups in total. The number of hydrogen-bond acceptors (Lipinski definition) is 7. The first-order chi connectivity index (χ1) is 16.0. The lowest BCUT2D eigenvalue weighted by molar-refractivity contribution is -0.132. The Hall–Kier alpha value is -3.65. The van der Waals surface area contributed by atoms with Gasteiger partial charge < -0.3 is 5.11 Å². The average molecular weight is 476 g/mol. The Kier molecular flexibility index (Phi) is 5.95. The Balaban J connectivity index is 1.94. The summed E-state index contributed by atoms with van der Waals surface area (Å²) >= 11 is 1.06. The fourth-order valence-electron chi connectivity index (χ4n) is 3.99. The number of benzene rings is 1. The number of thiazole rings is 1. The van der Waals surface area contributed by atoms with Crippen molar-refractivity contribution in [1.82, 2.24) is 9.97 Å². The van der Waals surface area contributed by atoms with E-state index in [4.69, 9.17) is 0 Å². The minimum absolute atomic E-state index is 0.0306. The molecule has 1 atom stereocenters. The number of amides is 1. The first kappa shape index (κ1) is 23.5. The Morgan fingerprint density at radius 2 is 1.68 bits per heavy atom. The lowest BCUT2D eigenvalue weighted by Crippen LogP contribution is -2.29. The number of carbonyl (C=O) groups excluding carboxylic acids is 3. The number of carbonyl (C=O) groups is 3. The van der Waals surface area contributed by atoms with E-state index in [1.807, 2.05) is 24.3 Å². The van der Waals surface area contributed by atoms with E-state index >= 15 is 0 Å². The summed E-state index contributed by atoms with van der Waals surface area (Å²) in [5.41, 5.74) is 2.50. The number of Topliss-reactive ketones (excluding diaryl/α,β-unsaturated/α-hetero) is 2. The van der Waals surface area contributed by atoms with E-state index in [0.29, 0.717) is 21.7 Å². The van der Waals surface area contributed by atoms with E-state index < -0.39 is 17.7 Å². The SMILES string of the molecule is CC(=O)c1sc(N2C(=O)C(=O)C(=C(O)c3ccncc3)C2c2ccc(C(C)(C)C)cc2)nc1C. The molecule has 1 unspecified atom stereocenters. The lowest BCUT2D eigenvalue weighted by atomic mass is 9.85. The van der Waals surface area contributed by atoms with Crippen LogP contribution in [0.15, 0.2) is 54.4 Å². The van der Waals surface area contributed by atoms with Gasteiger partial charge in [-0.05, 0) is 35.6 Å². The van der Waals surface area contributed by atoms with Gasteiger partial charge in [0.2, 0.25) is 0 Å². The van der Waals surface area contributed by atoms with Gasteiger partial charge in [-0.15, -0.1) is 0 Å². The first-order valence-corrected chi connectivity index (χ1v) is 11.6. The number of aliphatic hydroxyl groups excluding tert-OH is 1. The van der Waals surface area contributed by atoms with Gasteiger partial charge in [0.15, 0.2) is 10.9 Å². The quantitative estimate of drug-likeness (QED) is 0.247. The zero-order chi connectivity index (χ0) is 24.8. The molecule has 8 heteroatoms. The maximum absolute atomic E-state index is 13.3. The molecule has 1 aliphatic heterocycles. The number of aliphatic hydroxyl groups is 1. The lowest BCUT2D eigenvalue weighted by Gasteiger charge is -2.24. The molecule has 7 nitrogen and oxygen atoms in total. The molecule has 174 valence electrons. The van der Waals surface area contributed by atoms with Gasteiger partial charge in [0.25, 0.3) is 5.78 Å². The Morgan fingerprint density at radius 3 is 2.21 bits per heavy atom. The summed E-state index contributed by atoms with van der Waals surface area (Å²) in [6.07, 6.45) is 3.00. The topological polar surface area (TPSA) is 100 Å². The normalized spacial score (nSPS) is 17.9. The van der Waals surface area contributed by atoms with Gasteiger partial charge in [0.1, 0.15) is 5.76 Å². The van der Waals surface area contributed by atoms with E-state index in [1.165, 1.54) is 24.2 Å². The van der Waals surface area contributed by atoms with E-state index in [0.717, 1.165) is 16.9 Å². The molecule has 0 aliphatic carbocycles. The minimum atomic E-state index is -0.896. The summed E-state index contributed by atoms with van der Waals surface area (Å²) in [4.78, 5) is 48.6. The highest BCUT2D eigenvalue weighted by atomic mass is 32.1. The number of rotatable bonds is 4. The van der Waals surface area contributed by atoms with Gasteiger partial charge in [-0.2, -0.15) is 0 Å². The molecule has 1 fully saturated rings. The highest BCUT2D eigenvalue weighted by Crippen LogP contribution is 2.44. The van der Waals surface area contributed by atoms with Crippen LogP contribution in [0.3, 0.4) is 0 Å². The summed E-state index contributed by atoms with van der Waals surface area (Å²) in [6.45, 7) is 9.42. The predicted octanol–water partition coefficient (Wildman–Crippen LogP) is 4.97. The maximum Gasteiger partial charge on any atom is 0.301 e. The fraction of sp³-hybridized carbons (Fsp3) is 0.269. The van der Waals surface area contributed by atoms with Gasteiger partial charge in [0.05, 0.1) is 22.2 Å². The highest BCUT2D eigenvalue weighted by molar-refractivity contribution is 7.18. The van der Waals surface area contributed by atoms with Crippen molar-refractivity contribution in [1.29, 1.82) is 0 Å². The third-order valence-corrected chi connectivity index (χ3v) is 7.06. The number of aryl methyl sites for hydroxylation is 1. The van der Waals surface area contributed by atoms with Crippen LogP contribution in [0.2, 0.25) is 0 Å². The molecule has 0 radical (unpaired) electrons. The number of aromatic nitrogens is 2. The number of nitrogens with zero attached hydrogens (tertiary/aromatic N) is 3. The van der Waals surface area contributed by atoms with Crippen molar-refractivity contribution in [3.8, 4) is 0 Å². The van der Waals surface area contributed by atoms with Crippen LogP contribution in [0.25, 0.3) is 5.76 Å². The van der Waals surface area contributed by atoms with Crippen LogP contribution in [0, 0.1) is 6.92 Å². The van der Waals surface area contributed by atoms with E-state index in [1.54, 1.807) is 19.1 Å². The van der Waals surface area contributed by atoms with E-state index in [-0.39, 0.29) is 27.7 Å². The molecule has 1 aliphatic rings. The van der Waals surface area contributed by atoms with Gasteiger partial charge in [-0.3, -0.25) is 24.3 Å². The minimum Gasteiger partial charge on any atom is -0.507 e. The molecular weight excluding hydrogens is 450 g/mol. The summed E-state index contributed by atoms with van der Waals surface area (Å²) in [7, 11) is 0. The molecule has 1 amide bonds. The Labute approximate surface area is 201 Å². The third kappa shape index (κ3) is 4.05. The zero-order valence-corrected chi connectivity index (χ0v) is 20.4. The first-order valence-electron chi connectivity index (χ1n) is 10.8. The fourth-order valence-corrected chi connectivity index (χ4v) is 4.98. The van der Waals surface area contributed by atoms with Crippen molar-refractivity contribution in [2.24, 2.45) is 0 Å². The van der Waals surface area contributed by atoms with Gasteiger partial charge in [-0.1, -0.05) is 56.4 Å². The van der Waals surface area contributed by atoms with Crippen LogP contribution < -0.4 is 4.90 Å². The summed E-state index contributed by atoms with van der Waals surface area (Å²) < 4.78 is 0. The second-order valence-electron chi connectivity index (χ2n) is 9.24. The van der Waals surface area contributed by atoms with Crippen molar-refractivity contribution in [2.75, 3.05) is 4.90 Å². The Morgan fingerprint density at radius 1 is 1.06 bits per heavy atom. The molecule has 2 aromatic heterocycles. The molecule has 1 aromatic carbocycles. The van der Waals surface area contributed by atoms with Crippen LogP contribution in [0.1, 0.15) is 65.8 Å². The summed E-state index contributed by atoms with van der Waals surface area (Å²) in [5.74, 6) is -2.06. The van der Waals surface area contributed by atoms with Crippen LogP contribution in [-0.4, -0.2) is 32.5 Å². The second-order valence-corrected chi connectivity index (χ2v) is 10.2. The molecule has 0 saturated carbocycles. The molecule has 0 spiro atoms.